The summed E-state index contributed by atoms with van der Waals surface area (Å²) in [6, 6.07) is 12.0. The molecule has 0 saturated carbocycles. The molecule has 0 aliphatic heterocycles. The number of nitrogen functional groups attached to an aromatic ring is 1. The van der Waals surface area contributed by atoms with Gasteiger partial charge in [0.15, 0.2) is 0 Å². The quantitative estimate of drug-likeness (QED) is 0.737. The Morgan fingerprint density at radius 2 is 2.10 bits per heavy atom. The summed E-state index contributed by atoms with van der Waals surface area (Å²) in [4.78, 5) is 8.34. The highest BCUT2D eigenvalue weighted by atomic mass is 32.2. The number of anilines is 1. The van der Waals surface area contributed by atoms with Gasteiger partial charge in [-0.25, -0.2) is 4.98 Å². The van der Waals surface area contributed by atoms with E-state index in [0.29, 0.717) is 16.5 Å². The van der Waals surface area contributed by atoms with E-state index in [-0.39, 0.29) is 5.82 Å². The largest absolute Gasteiger partial charge is 0.382 e. The molecule has 0 spiro atoms. The highest BCUT2D eigenvalue weighted by Crippen LogP contribution is 2.21. The zero-order valence-corrected chi connectivity index (χ0v) is 11.2. The zero-order chi connectivity index (χ0) is 13.9. The molecule has 2 N–H and O–H groups in total. The molecule has 0 saturated heterocycles. The van der Waals surface area contributed by atoms with Crippen LogP contribution in [0.25, 0.3) is 5.78 Å². The number of aromatic nitrogens is 4. The Hall–Kier alpha value is -2.59. The molecule has 2 heterocycles. The molecule has 0 aliphatic rings. The molecule has 6 nitrogen and oxygen atoms in total. The van der Waals surface area contributed by atoms with Gasteiger partial charge >= 0.3 is 0 Å². The third-order valence-corrected chi connectivity index (χ3v) is 3.62. The van der Waals surface area contributed by atoms with Crippen molar-refractivity contribution >= 4 is 23.4 Å². The van der Waals surface area contributed by atoms with E-state index in [2.05, 4.69) is 15.1 Å². The molecule has 0 bridgehead atoms. The Balaban J connectivity index is 1.87. The van der Waals surface area contributed by atoms with Gasteiger partial charge in [-0.05, 0) is 5.56 Å². The average Bonchev–Trinajstić information content (AvgIpc) is 2.91. The van der Waals surface area contributed by atoms with Crippen LogP contribution in [0.4, 0.5) is 5.82 Å². The standard InChI is InChI=1S/C13H10N6S/c14-6-10-7-16-12-17-13(18-19(12)11(10)15)20-8-9-4-2-1-3-5-9/h1-5,7H,8,15H2. The van der Waals surface area contributed by atoms with Crippen LogP contribution in [0.3, 0.4) is 0 Å². The highest BCUT2D eigenvalue weighted by Gasteiger charge is 2.10. The van der Waals surface area contributed by atoms with Gasteiger partial charge in [-0.15, -0.1) is 5.10 Å². The van der Waals surface area contributed by atoms with E-state index in [1.807, 2.05) is 36.4 Å². The normalized spacial score (nSPS) is 10.6. The first-order valence-electron chi connectivity index (χ1n) is 5.86. The first-order valence-corrected chi connectivity index (χ1v) is 6.84. The summed E-state index contributed by atoms with van der Waals surface area (Å²) < 4.78 is 1.39. The topological polar surface area (TPSA) is 92.9 Å². The Morgan fingerprint density at radius 1 is 1.30 bits per heavy atom. The molecule has 3 aromatic rings. The minimum Gasteiger partial charge on any atom is -0.382 e. The van der Waals surface area contributed by atoms with E-state index in [4.69, 9.17) is 11.0 Å². The summed E-state index contributed by atoms with van der Waals surface area (Å²) in [5.74, 6) is 1.43. The van der Waals surface area contributed by atoms with Crippen LogP contribution in [0.1, 0.15) is 11.1 Å². The number of rotatable bonds is 3. The number of nitriles is 1. The predicted molar refractivity (Wildman–Crippen MR) is 75.9 cm³/mol. The van der Waals surface area contributed by atoms with Crippen molar-refractivity contribution in [2.75, 3.05) is 5.73 Å². The molecule has 0 atom stereocenters. The first kappa shape index (κ1) is 12.4. The van der Waals surface area contributed by atoms with Gasteiger partial charge in [-0.3, -0.25) is 0 Å². The summed E-state index contributed by atoms with van der Waals surface area (Å²) in [5.41, 5.74) is 7.32. The Labute approximate surface area is 119 Å². The fourth-order valence-corrected chi connectivity index (χ4v) is 2.48. The molecule has 0 radical (unpaired) electrons. The molecule has 1 aromatic carbocycles. The minimum absolute atomic E-state index is 0.261. The van der Waals surface area contributed by atoms with Crippen LogP contribution in [0.15, 0.2) is 41.7 Å². The van der Waals surface area contributed by atoms with Crippen LogP contribution in [-0.4, -0.2) is 19.6 Å². The number of nitrogens with zero attached hydrogens (tertiary/aromatic N) is 5. The zero-order valence-electron chi connectivity index (χ0n) is 10.4. The second kappa shape index (κ2) is 5.19. The highest BCUT2D eigenvalue weighted by molar-refractivity contribution is 7.98. The lowest BCUT2D eigenvalue weighted by Crippen LogP contribution is -2.03. The second-order valence-electron chi connectivity index (χ2n) is 4.05. The number of nitrogens with two attached hydrogens (primary N) is 1. The second-order valence-corrected chi connectivity index (χ2v) is 4.99. The lowest BCUT2D eigenvalue weighted by Gasteiger charge is -1.97. The van der Waals surface area contributed by atoms with E-state index in [9.17, 15) is 0 Å². The fourth-order valence-electron chi connectivity index (χ4n) is 1.70. The number of benzene rings is 1. The molecule has 3 rings (SSSR count). The first-order chi connectivity index (χ1) is 9.78. The Bertz CT molecular complexity index is 790. The molecular weight excluding hydrogens is 272 g/mol. The van der Waals surface area contributed by atoms with E-state index in [1.54, 1.807) is 0 Å². The van der Waals surface area contributed by atoms with Crippen molar-refractivity contribution in [3.63, 3.8) is 0 Å². The number of thioether (sulfide) groups is 1. The van der Waals surface area contributed by atoms with Crippen LogP contribution in [0, 0.1) is 11.3 Å². The van der Waals surface area contributed by atoms with E-state index >= 15 is 0 Å². The molecule has 7 heteroatoms. The summed E-state index contributed by atoms with van der Waals surface area (Å²) in [7, 11) is 0. The lowest BCUT2D eigenvalue weighted by molar-refractivity contribution is 0.887. The maximum Gasteiger partial charge on any atom is 0.255 e. The summed E-state index contributed by atoms with van der Waals surface area (Å²) in [6.45, 7) is 0. The van der Waals surface area contributed by atoms with Gasteiger partial charge in [-0.2, -0.15) is 14.8 Å². The van der Waals surface area contributed by atoms with Crippen LogP contribution < -0.4 is 5.73 Å². The van der Waals surface area contributed by atoms with Gasteiger partial charge < -0.3 is 5.73 Å². The fraction of sp³-hybridized carbons (Fsp3) is 0.0769. The summed E-state index contributed by atoms with van der Waals surface area (Å²) in [5, 5.41) is 13.8. The third kappa shape index (κ3) is 2.29. The SMILES string of the molecule is N#Cc1cnc2nc(SCc3ccccc3)nn2c1N. The monoisotopic (exact) mass is 282 g/mol. The van der Waals surface area contributed by atoms with Gasteiger partial charge in [0.05, 0.1) is 6.20 Å². The van der Waals surface area contributed by atoms with Gasteiger partial charge in [-0.1, -0.05) is 42.1 Å². The van der Waals surface area contributed by atoms with E-state index in [1.165, 1.54) is 28.0 Å². The van der Waals surface area contributed by atoms with Crippen molar-refractivity contribution in [1.82, 2.24) is 19.6 Å². The minimum atomic E-state index is 0.261. The van der Waals surface area contributed by atoms with Crippen molar-refractivity contribution in [2.45, 2.75) is 10.9 Å². The molecule has 2 aromatic heterocycles. The van der Waals surface area contributed by atoms with Crippen LogP contribution >= 0.6 is 11.8 Å². The molecule has 0 amide bonds. The van der Waals surface area contributed by atoms with Crippen molar-refractivity contribution in [3.05, 3.63) is 47.7 Å². The molecule has 0 unspecified atom stereocenters. The summed E-state index contributed by atoms with van der Waals surface area (Å²) >= 11 is 1.50. The smallest absolute Gasteiger partial charge is 0.255 e. The molecule has 98 valence electrons. The van der Waals surface area contributed by atoms with Gasteiger partial charge in [0.25, 0.3) is 5.78 Å². The Morgan fingerprint density at radius 3 is 2.85 bits per heavy atom. The molecule has 0 aliphatic carbocycles. The maximum atomic E-state index is 8.90. The van der Waals surface area contributed by atoms with Gasteiger partial charge in [0.2, 0.25) is 5.16 Å². The Kier molecular flexibility index (Phi) is 3.23. The van der Waals surface area contributed by atoms with Gasteiger partial charge in [0, 0.05) is 5.75 Å². The van der Waals surface area contributed by atoms with Crippen molar-refractivity contribution in [2.24, 2.45) is 0 Å². The third-order valence-electron chi connectivity index (χ3n) is 2.72. The number of hydrogen-bond donors (Lipinski definition) is 1. The lowest BCUT2D eigenvalue weighted by atomic mass is 10.2. The molecule has 0 fully saturated rings. The average molecular weight is 282 g/mol. The number of hydrogen-bond acceptors (Lipinski definition) is 6. The van der Waals surface area contributed by atoms with Crippen LogP contribution in [0.5, 0.6) is 0 Å². The van der Waals surface area contributed by atoms with Crippen molar-refractivity contribution in [3.8, 4) is 6.07 Å². The van der Waals surface area contributed by atoms with E-state index in [0.717, 1.165) is 5.75 Å². The molecular formula is C13H10N6S. The predicted octanol–water partition coefficient (Wildman–Crippen LogP) is 1.87. The van der Waals surface area contributed by atoms with Gasteiger partial charge in [0.1, 0.15) is 17.5 Å². The molecule has 20 heavy (non-hydrogen) atoms. The van der Waals surface area contributed by atoms with E-state index < -0.39 is 0 Å². The van der Waals surface area contributed by atoms with Crippen LogP contribution in [-0.2, 0) is 5.75 Å². The number of fused-ring (bicyclic) bond motifs is 1. The van der Waals surface area contributed by atoms with Crippen molar-refractivity contribution < 1.29 is 0 Å². The summed E-state index contributed by atoms with van der Waals surface area (Å²) in [6.07, 6.45) is 1.41. The van der Waals surface area contributed by atoms with Crippen LogP contribution in [0.2, 0.25) is 0 Å². The van der Waals surface area contributed by atoms with Crippen molar-refractivity contribution in [1.29, 1.82) is 5.26 Å². The maximum absolute atomic E-state index is 8.90.